The topological polar surface area (TPSA) is 29.5 Å². The lowest BCUT2D eigenvalue weighted by atomic mass is 9.93. The molecule has 2 aliphatic heterocycles. The Morgan fingerprint density at radius 3 is 3.33 bits per heavy atom. The van der Waals surface area contributed by atoms with Crippen LogP contribution in [0.4, 0.5) is 0 Å². The first-order valence-corrected chi connectivity index (χ1v) is 5.54. The Kier molecular flexibility index (Phi) is 3.21. The lowest BCUT2D eigenvalue weighted by Gasteiger charge is -2.32. The molecule has 0 aliphatic carbocycles. The Bertz CT molecular complexity index is 292. The number of nitrogens with zero attached hydrogens (tertiary/aromatic N) is 1. The predicted molar refractivity (Wildman–Crippen MR) is 57.9 cm³/mol. The smallest absolute Gasteiger partial charge is 0.249 e. The highest BCUT2D eigenvalue weighted by molar-refractivity contribution is 5.78. The molecule has 0 spiro atoms. The standard InChI is InChI=1S/C12H17NO2/c1-2-4-11-6-3-5-10-7-8-15-13(9-10)12(11)14/h2,7,11H,1,3-6,8-9H2/t11-/m0/s1. The number of hydrogen-bond donors (Lipinski definition) is 0. The summed E-state index contributed by atoms with van der Waals surface area (Å²) >= 11 is 0. The molecular formula is C12H17NO2. The number of hydrogen-bond acceptors (Lipinski definition) is 2. The Morgan fingerprint density at radius 1 is 1.67 bits per heavy atom. The molecule has 2 aliphatic rings. The first-order valence-electron chi connectivity index (χ1n) is 5.54. The van der Waals surface area contributed by atoms with E-state index in [9.17, 15) is 4.79 Å². The van der Waals surface area contributed by atoms with Gasteiger partial charge in [0.05, 0.1) is 13.2 Å². The second-order valence-corrected chi connectivity index (χ2v) is 4.15. The molecule has 1 saturated heterocycles. The van der Waals surface area contributed by atoms with Crippen molar-refractivity contribution in [2.75, 3.05) is 13.2 Å². The Labute approximate surface area is 90.4 Å². The molecular weight excluding hydrogens is 190 g/mol. The monoisotopic (exact) mass is 207 g/mol. The number of amides is 1. The van der Waals surface area contributed by atoms with Gasteiger partial charge in [-0.3, -0.25) is 9.63 Å². The van der Waals surface area contributed by atoms with Crippen LogP contribution in [0.1, 0.15) is 25.7 Å². The summed E-state index contributed by atoms with van der Waals surface area (Å²) in [6.45, 7) is 4.90. The van der Waals surface area contributed by atoms with Crippen molar-refractivity contribution in [3.63, 3.8) is 0 Å². The Morgan fingerprint density at radius 2 is 2.53 bits per heavy atom. The Hall–Kier alpha value is -1.09. The first kappa shape index (κ1) is 10.4. The molecule has 3 heteroatoms. The lowest BCUT2D eigenvalue weighted by molar-refractivity contribution is -0.188. The number of fused-ring (bicyclic) bond motifs is 2. The average Bonchev–Trinajstić information content (AvgIpc) is 2.26. The second-order valence-electron chi connectivity index (χ2n) is 4.15. The summed E-state index contributed by atoms with van der Waals surface area (Å²) in [7, 11) is 0. The minimum Gasteiger partial charge on any atom is -0.272 e. The van der Waals surface area contributed by atoms with Crippen LogP contribution >= 0.6 is 0 Å². The van der Waals surface area contributed by atoms with Crippen LogP contribution in [0.25, 0.3) is 0 Å². The van der Waals surface area contributed by atoms with Gasteiger partial charge in [0, 0.05) is 5.92 Å². The van der Waals surface area contributed by atoms with E-state index in [4.69, 9.17) is 4.84 Å². The number of allylic oxidation sites excluding steroid dienone is 1. The molecule has 0 radical (unpaired) electrons. The van der Waals surface area contributed by atoms with Gasteiger partial charge in [-0.2, -0.15) is 0 Å². The largest absolute Gasteiger partial charge is 0.272 e. The van der Waals surface area contributed by atoms with Crippen LogP contribution in [-0.4, -0.2) is 24.1 Å². The van der Waals surface area contributed by atoms with Crippen molar-refractivity contribution < 1.29 is 9.63 Å². The van der Waals surface area contributed by atoms with Crippen LogP contribution in [0.5, 0.6) is 0 Å². The van der Waals surface area contributed by atoms with E-state index in [1.54, 1.807) is 0 Å². The maximum atomic E-state index is 12.0. The molecule has 0 aromatic rings. The zero-order chi connectivity index (χ0) is 10.7. The van der Waals surface area contributed by atoms with E-state index >= 15 is 0 Å². The molecule has 0 aromatic heterocycles. The van der Waals surface area contributed by atoms with Crippen molar-refractivity contribution in [2.45, 2.75) is 25.7 Å². The molecule has 0 saturated carbocycles. The molecule has 3 nitrogen and oxygen atoms in total. The van der Waals surface area contributed by atoms with E-state index in [0.29, 0.717) is 13.2 Å². The van der Waals surface area contributed by atoms with Crippen molar-refractivity contribution in [1.82, 2.24) is 5.06 Å². The third-order valence-corrected chi connectivity index (χ3v) is 3.05. The van der Waals surface area contributed by atoms with E-state index in [-0.39, 0.29) is 11.8 Å². The minimum absolute atomic E-state index is 0.0714. The van der Waals surface area contributed by atoms with Gasteiger partial charge in [0.25, 0.3) is 0 Å². The Balaban J connectivity index is 2.11. The maximum Gasteiger partial charge on any atom is 0.249 e. The van der Waals surface area contributed by atoms with Gasteiger partial charge in [0.1, 0.15) is 0 Å². The van der Waals surface area contributed by atoms with Gasteiger partial charge in [-0.05, 0) is 31.3 Å². The zero-order valence-corrected chi connectivity index (χ0v) is 8.95. The van der Waals surface area contributed by atoms with E-state index in [1.165, 1.54) is 10.6 Å². The highest BCUT2D eigenvalue weighted by atomic mass is 16.7. The van der Waals surface area contributed by atoms with Crippen molar-refractivity contribution in [1.29, 1.82) is 0 Å². The number of carbonyl (C=O) groups excluding carboxylic acids is 1. The minimum atomic E-state index is 0.0714. The van der Waals surface area contributed by atoms with Gasteiger partial charge in [-0.1, -0.05) is 12.2 Å². The molecule has 15 heavy (non-hydrogen) atoms. The van der Waals surface area contributed by atoms with Gasteiger partial charge < -0.3 is 0 Å². The third kappa shape index (κ3) is 2.29. The molecule has 0 aromatic carbocycles. The summed E-state index contributed by atoms with van der Waals surface area (Å²) in [5.41, 5.74) is 1.34. The van der Waals surface area contributed by atoms with Gasteiger partial charge in [0.2, 0.25) is 5.91 Å². The fourth-order valence-corrected chi connectivity index (χ4v) is 2.18. The number of rotatable bonds is 2. The van der Waals surface area contributed by atoms with Crippen molar-refractivity contribution in [2.24, 2.45) is 5.92 Å². The van der Waals surface area contributed by atoms with Crippen molar-refractivity contribution in [3.05, 3.63) is 24.3 Å². The number of carbonyl (C=O) groups is 1. The van der Waals surface area contributed by atoms with Crippen molar-refractivity contribution >= 4 is 5.91 Å². The summed E-state index contributed by atoms with van der Waals surface area (Å²) in [6.07, 6.45) is 7.83. The molecule has 0 N–H and O–H groups in total. The average molecular weight is 207 g/mol. The highest BCUT2D eigenvalue weighted by Gasteiger charge is 2.28. The molecule has 2 heterocycles. The van der Waals surface area contributed by atoms with Crippen LogP contribution in [-0.2, 0) is 9.63 Å². The molecule has 1 fully saturated rings. The van der Waals surface area contributed by atoms with Gasteiger partial charge >= 0.3 is 0 Å². The van der Waals surface area contributed by atoms with Crippen LogP contribution in [0.15, 0.2) is 24.3 Å². The van der Waals surface area contributed by atoms with Gasteiger partial charge in [-0.25, -0.2) is 5.06 Å². The summed E-state index contributed by atoms with van der Waals surface area (Å²) in [5.74, 6) is 0.197. The molecule has 2 rings (SSSR count). The van der Waals surface area contributed by atoms with Gasteiger partial charge in [-0.15, -0.1) is 6.58 Å². The number of hydroxylamine groups is 2. The normalized spacial score (nSPS) is 26.7. The SMILES string of the molecule is C=CC[C@H]1CCCC2=CCON(C2)C1=O. The van der Waals surface area contributed by atoms with Crippen molar-refractivity contribution in [3.8, 4) is 0 Å². The van der Waals surface area contributed by atoms with Crippen LogP contribution in [0.3, 0.4) is 0 Å². The lowest BCUT2D eigenvalue weighted by Crippen LogP contribution is -2.40. The van der Waals surface area contributed by atoms with Crippen LogP contribution < -0.4 is 0 Å². The molecule has 2 bridgehead atoms. The highest BCUT2D eigenvalue weighted by Crippen LogP contribution is 2.25. The third-order valence-electron chi connectivity index (χ3n) is 3.05. The molecule has 82 valence electrons. The van der Waals surface area contributed by atoms with E-state index in [1.807, 2.05) is 6.08 Å². The van der Waals surface area contributed by atoms with E-state index in [2.05, 4.69) is 12.7 Å². The maximum absolute atomic E-state index is 12.0. The molecule has 0 unspecified atom stereocenters. The van der Waals surface area contributed by atoms with Crippen LogP contribution in [0, 0.1) is 5.92 Å². The predicted octanol–water partition coefficient (Wildman–Crippen LogP) is 2.06. The quantitative estimate of drug-likeness (QED) is 0.649. The van der Waals surface area contributed by atoms with E-state index < -0.39 is 0 Å². The summed E-state index contributed by atoms with van der Waals surface area (Å²) in [6, 6.07) is 0. The van der Waals surface area contributed by atoms with E-state index in [0.717, 1.165) is 25.7 Å². The fourth-order valence-electron chi connectivity index (χ4n) is 2.18. The first-order chi connectivity index (χ1) is 7.31. The second kappa shape index (κ2) is 4.62. The van der Waals surface area contributed by atoms with Crippen LogP contribution in [0.2, 0.25) is 0 Å². The van der Waals surface area contributed by atoms with Gasteiger partial charge in [0.15, 0.2) is 0 Å². The summed E-state index contributed by atoms with van der Waals surface area (Å²) in [4.78, 5) is 17.4. The zero-order valence-electron chi connectivity index (χ0n) is 8.95. The summed E-state index contributed by atoms with van der Waals surface area (Å²) < 4.78 is 0. The summed E-state index contributed by atoms with van der Waals surface area (Å²) in [5, 5.41) is 1.53. The fraction of sp³-hybridized carbons (Fsp3) is 0.583. The molecule has 1 amide bonds. The molecule has 1 atom stereocenters.